The van der Waals surface area contributed by atoms with Gasteiger partial charge in [0.2, 0.25) is 0 Å². The number of benzene rings is 4. The highest BCUT2D eigenvalue weighted by Gasteiger charge is 2.06. The average Bonchev–Trinajstić information content (AvgIpc) is 3.06. The SMILES string of the molecule is C=C(C)C(=O)OCCCOc1ccc(-c2ccc(OC(=O)C(=C)C)cc2)cc1.OCCCOc1ccc(-c2ccc(O)cc2)cc1. The van der Waals surface area contributed by atoms with Crippen molar-refractivity contribution in [2.24, 2.45) is 0 Å². The molecule has 0 saturated carbocycles. The van der Waals surface area contributed by atoms with Crippen LogP contribution in [0.5, 0.6) is 23.0 Å². The summed E-state index contributed by atoms with van der Waals surface area (Å²) in [5.41, 5.74) is 4.88. The van der Waals surface area contributed by atoms with E-state index in [2.05, 4.69) is 13.2 Å². The molecule has 8 heteroatoms. The van der Waals surface area contributed by atoms with Gasteiger partial charge in [-0.3, -0.25) is 0 Å². The second-order valence-corrected chi connectivity index (χ2v) is 10.3. The van der Waals surface area contributed by atoms with E-state index in [0.717, 1.165) is 33.8 Å². The van der Waals surface area contributed by atoms with E-state index in [1.165, 1.54) is 0 Å². The van der Waals surface area contributed by atoms with Crippen LogP contribution >= 0.6 is 0 Å². The number of aromatic hydroxyl groups is 1. The Labute approximate surface area is 270 Å². The Morgan fingerprint density at radius 3 is 1.37 bits per heavy atom. The van der Waals surface area contributed by atoms with Crippen LogP contribution in [0.1, 0.15) is 26.7 Å². The Morgan fingerprint density at radius 1 is 0.565 bits per heavy atom. The number of ether oxygens (including phenoxy) is 4. The number of aliphatic hydroxyl groups is 1. The zero-order valence-electron chi connectivity index (χ0n) is 26.2. The molecule has 0 atom stereocenters. The Kier molecular flexibility index (Phi) is 14.1. The minimum atomic E-state index is -0.441. The highest BCUT2D eigenvalue weighted by atomic mass is 16.5. The van der Waals surface area contributed by atoms with Gasteiger partial charge >= 0.3 is 11.9 Å². The number of carbonyl (C=O) groups is 2. The molecular formula is C38H40O8. The van der Waals surface area contributed by atoms with Gasteiger partial charge in [0, 0.05) is 30.6 Å². The van der Waals surface area contributed by atoms with E-state index in [0.29, 0.717) is 49.6 Å². The molecule has 0 aliphatic carbocycles. The summed E-state index contributed by atoms with van der Waals surface area (Å²) in [6.45, 7) is 11.7. The van der Waals surface area contributed by atoms with Gasteiger partial charge in [-0.2, -0.15) is 0 Å². The van der Waals surface area contributed by atoms with Gasteiger partial charge in [-0.25, -0.2) is 9.59 Å². The number of rotatable bonds is 14. The van der Waals surface area contributed by atoms with Gasteiger partial charge in [0.05, 0.1) is 19.8 Å². The van der Waals surface area contributed by atoms with Crippen LogP contribution in [0, 0.1) is 0 Å². The van der Waals surface area contributed by atoms with E-state index < -0.39 is 5.97 Å². The summed E-state index contributed by atoms with van der Waals surface area (Å²) >= 11 is 0. The lowest BCUT2D eigenvalue weighted by atomic mass is 10.1. The highest BCUT2D eigenvalue weighted by Crippen LogP contribution is 2.26. The highest BCUT2D eigenvalue weighted by molar-refractivity contribution is 5.89. The second-order valence-electron chi connectivity index (χ2n) is 10.3. The molecule has 0 bridgehead atoms. The van der Waals surface area contributed by atoms with Crippen molar-refractivity contribution in [1.29, 1.82) is 0 Å². The molecule has 4 aromatic carbocycles. The van der Waals surface area contributed by atoms with Gasteiger partial charge in [0.15, 0.2) is 0 Å². The Balaban J connectivity index is 0.000000275. The number of hydrogen-bond donors (Lipinski definition) is 2. The first-order chi connectivity index (χ1) is 22.2. The van der Waals surface area contributed by atoms with Crippen LogP contribution in [0.2, 0.25) is 0 Å². The summed E-state index contributed by atoms with van der Waals surface area (Å²) in [5.74, 6) is 1.45. The van der Waals surface area contributed by atoms with Crippen molar-refractivity contribution in [3.05, 3.63) is 121 Å². The van der Waals surface area contributed by atoms with Crippen LogP contribution in [-0.2, 0) is 14.3 Å². The summed E-state index contributed by atoms with van der Waals surface area (Å²) in [7, 11) is 0. The minimum Gasteiger partial charge on any atom is -0.508 e. The first-order valence-corrected chi connectivity index (χ1v) is 14.8. The number of esters is 2. The summed E-state index contributed by atoms with van der Waals surface area (Å²) in [6, 6.07) is 29.7. The third kappa shape index (κ3) is 12.0. The lowest BCUT2D eigenvalue weighted by Crippen LogP contribution is -2.09. The van der Waals surface area contributed by atoms with Crippen molar-refractivity contribution in [2.45, 2.75) is 26.7 Å². The van der Waals surface area contributed by atoms with Crippen molar-refractivity contribution < 1.29 is 38.7 Å². The molecule has 0 heterocycles. The molecule has 8 nitrogen and oxygen atoms in total. The predicted octanol–water partition coefficient (Wildman–Crippen LogP) is 7.54. The third-order valence-electron chi connectivity index (χ3n) is 6.37. The monoisotopic (exact) mass is 624 g/mol. The summed E-state index contributed by atoms with van der Waals surface area (Å²) in [4.78, 5) is 22.8. The lowest BCUT2D eigenvalue weighted by Gasteiger charge is -2.09. The molecule has 46 heavy (non-hydrogen) atoms. The molecule has 0 amide bonds. The Hall–Kier alpha value is -5.34. The van der Waals surface area contributed by atoms with Crippen LogP contribution < -0.4 is 14.2 Å². The fourth-order valence-electron chi connectivity index (χ4n) is 3.84. The van der Waals surface area contributed by atoms with Crippen LogP contribution in [0.15, 0.2) is 121 Å². The normalized spacial score (nSPS) is 10.2. The second kappa shape index (κ2) is 18.5. The third-order valence-corrected chi connectivity index (χ3v) is 6.37. The van der Waals surface area contributed by atoms with Gasteiger partial charge in [0.1, 0.15) is 23.0 Å². The minimum absolute atomic E-state index is 0.144. The van der Waals surface area contributed by atoms with Crippen LogP contribution in [-0.4, -0.2) is 48.6 Å². The maximum Gasteiger partial charge on any atom is 0.338 e. The molecule has 0 aromatic heterocycles. The van der Waals surface area contributed by atoms with Crippen LogP contribution in [0.4, 0.5) is 0 Å². The zero-order chi connectivity index (χ0) is 33.3. The molecule has 2 N–H and O–H groups in total. The van der Waals surface area contributed by atoms with E-state index in [4.69, 9.17) is 24.1 Å². The molecule has 0 unspecified atom stereocenters. The van der Waals surface area contributed by atoms with Crippen LogP contribution in [0.3, 0.4) is 0 Å². The summed E-state index contributed by atoms with van der Waals surface area (Å²) < 4.78 is 21.3. The van der Waals surface area contributed by atoms with Gasteiger partial charge in [-0.15, -0.1) is 0 Å². The first-order valence-electron chi connectivity index (χ1n) is 14.8. The lowest BCUT2D eigenvalue weighted by molar-refractivity contribution is -0.139. The number of aliphatic hydroxyl groups excluding tert-OH is 1. The number of phenolic OH excluding ortho intramolecular Hbond substituents is 1. The molecule has 0 saturated heterocycles. The molecule has 0 radical (unpaired) electrons. The van der Waals surface area contributed by atoms with Crippen LogP contribution in [0.25, 0.3) is 22.3 Å². The average molecular weight is 625 g/mol. The standard InChI is InChI=1S/C23H24O5.C15H16O3/c1-16(2)22(24)27-15-5-14-26-20-10-6-18(7-11-20)19-8-12-21(13-9-19)28-23(25)17(3)4;16-10-1-11-18-15-8-4-13(5-9-15)12-2-6-14(17)7-3-12/h6-13H,1,3,5,14-15H2,2,4H3;2-9,16-17H,1,10-11H2. The smallest absolute Gasteiger partial charge is 0.338 e. The van der Waals surface area contributed by atoms with Crippen molar-refractivity contribution >= 4 is 11.9 Å². The number of hydrogen-bond acceptors (Lipinski definition) is 8. The van der Waals surface area contributed by atoms with E-state index in [9.17, 15) is 14.7 Å². The maximum absolute atomic E-state index is 11.5. The molecule has 0 aliphatic heterocycles. The Bertz CT molecular complexity index is 1560. The van der Waals surface area contributed by atoms with E-state index in [-0.39, 0.29) is 18.3 Å². The fraction of sp³-hybridized carbons (Fsp3) is 0.211. The van der Waals surface area contributed by atoms with Crippen molar-refractivity contribution in [1.82, 2.24) is 0 Å². The molecular weight excluding hydrogens is 584 g/mol. The quantitative estimate of drug-likeness (QED) is 0.0641. The van der Waals surface area contributed by atoms with Crippen molar-refractivity contribution in [3.8, 4) is 45.3 Å². The topological polar surface area (TPSA) is 112 Å². The van der Waals surface area contributed by atoms with Crippen molar-refractivity contribution in [2.75, 3.05) is 26.4 Å². The predicted molar refractivity (Wildman–Crippen MR) is 179 cm³/mol. The zero-order valence-corrected chi connectivity index (χ0v) is 26.2. The van der Waals surface area contributed by atoms with Gasteiger partial charge in [-0.05, 0) is 84.6 Å². The molecule has 0 fully saturated rings. The molecule has 0 spiro atoms. The van der Waals surface area contributed by atoms with Gasteiger partial charge < -0.3 is 29.2 Å². The number of phenols is 1. The fourth-order valence-corrected chi connectivity index (χ4v) is 3.84. The van der Waals surface area contributed by atoms with Gasteiger partial charge in [0.25, 0.3) is 0 Å². The molecule has 4 aromatic rings. The first kappa shape index (κ1) is 35.1. The van der Waals surface area contributed by atoms with Crippen molar-refractivity contribution in [3.63, 3.8) is 0 Å². The summed E-state index contributed by atoms with van der Waals surface area (Å²) in [6.07, 6.45) is 1.24. The largest absolute Gasteiger partial charge is 0.508 e. The maximum atomic E-state index is 11.5. The summed E-state index contributed by atoms with van der Waals surface area (Å²) in [5, 5.41) is 17.9. The van der Waals surface area contributed by atoms with Gasteiger partial charge in [-0.1, -0.05) is 61.7 Å². The van der Waals surface area contributed by atoms with E-state index >= 15 is 0 Å². The number of carbonyl (C=O) groups excluding carboxylic acids is 2. The molecule has 0 aliphatic rings. The molecule has 4 rings (SSSR count). The Morgan fingerprint density at radius 2 is 0.957 bits per heavy atom. The van der Waals surface area contributed by atoms with E-state index in [1.807, 2.05) is 72.8 Å². The van der Waals surface area contributed by atoms with E-state index in [1.54, 1.807) is 38.1 Å². The molecule has 240 valence electrons.